The van der Waals surface area contributed by atoms with E-state index in [-0.39, 0.29) is 23.2 Å². The van der Waals surface area contributed by atoms with Crippen molar-refractivity contribution < 1.29 is 24.0 Å². The van der Waals surface area contributed by atoms with Crippen molar-refractivity contribution in [3.63, 3.8) is 0 Å². The van der Waals surface area contributed by atoms with Crippen molar-refractivity contribution >= 4 is 17.7 Å². The van der Waals surface area contributed by atoms with Gasteiger partial charge >= 0.3 is 12.1 Å². The SMILES string of the molecule is COC(=O)C(Cc1ccc(C#N)cc1[N+](=O)[O-])NC(=O)OC(C)(C)C. The Morgan fingerprint density at radius 1 is 1.40 bits per heavy atom. The molecule has 0 heterocycles. The molecule has 0 aromatic heterocycles. The van der Waals surface area contributed by atoms with Crippen LogP contribution in [0.2, 0.25) is 0 Å². The molecule has 0 aliphatic heterocycles. The van der Waals surface area contributed by atoms with Crippen LogP contribution >= 0.6 is 0 Å². The molecule has 0 saturated carbocycles. The maximum absolute atomic E-state index is 11.9. The predicted molar refractivity (Wildman–Crippen MR) is 86.7 cm³/mol. The summed E-state index contributed by atoms with van der Waals surface area (Å²) in [5.41, 5.74) is -0.801. The van der Waals surface area contributed by atoms with E-state index in [2.05, 4.69) is 10.1 Å². The summed E-state index contributed by atoms with van der Waals surface area (Å²) in [6.45, 7) is 4.97. The van der Waals surface area contributed by atoms with Crippen LogP contribution in [0.1, 0.15) is 31.9 Å². The van der Waals surface area contributed by atoms with Crippen LogP contribution in [0.25, 0.3) is 0 Å². The molecule has 0 bridgehead atoms. The van der Waals surface area contributed by atoms with Gasteiger partial charge in [0.1, 0.15) is 11.6 Å². The zero-order chi connectivity index (χ0) is 19.2. The van der Waals surface area contributed by atoms with Gasteiger partial charge in [0.25, 0.3) is 5.69 Å². The Bertz CT molecular complexity index is 718. The van der Waals surface area contributed by atoms with Gasteiger partial charge < -0.3 is 14.8 Å². The minimum absolute atomic E-state index is 0.116. The Morgan fingerprint density at radius 2 is 2.04 bits per heavy atom. The molecule has 1 unspecified atom stereocenters. The lowest BCUT2D eigenvalue weighted by Gasteiger charge is -2.22. The minimum Gasteiger partial charge on any atom is -0.467 e. The van der Waals surface area contributed by atoms with Crippen LogP contribution < -0.4 is 5.32 Å². The number of nitrogens with zero attached hydrogens (tertiary/aromatic N) is 2. The number of nitro groups is 1. The van der Waals surface area contributed by atoms with E-state index in [1.54, 1.807) is 20.8 Å². The summed E-state index contributed by atoms with van der Waals surface area (Å²) in [5, 5.41) is 22.4. The van der Waals surface area contributed by atoms with Crippen LogP contribution in [0, 0.1) is 21.4 Å². The molecule has 0 aliphatic rings. The Labute approximate surface area is 144 Å². The number of methoxy groups -OCH3 is 1. The first kappa shape index (κ1) is 19.9. The van der Waals surface area contributed by atoms with Gasteiger partial charge in [-0.25, -0.2) is 9.59 Å². The third-order valence-corrected chi connectivity index (χ3v) is 3.01. The average Bonchev–Trinajstić information content (AvgIpc) is 2.51. The fourth-order valence-corrected chi connectivity index (χ4v) is 1.98. The van der Waals surface area contributed by atoms with Crippen LogP contribution in [-0.4, -0.2) is 35.7 Å². The van der Waals surface area contributed by atoms with Gasteiger partial charge in [-0.05, 0) is 26.8 Å². The van der Waals surface area contributed by atoms with Gasteiger partial charge in [-0.2, -0.15) is 5.26 Å². The van der Waals surface area contributed by atoms with Gasteiger partial charge in [-0.15, -0.1) is 0 Å². The highest BCUT2D eigenvalue weighted by molar-refractivity contribution is 5.82. The number of nitriles is 1. The maximum atomic E-state index is 11.9. The van der Waals surface area contributed by atoms with E-state index >= 15 is 0 Å². The van der Waals surface area contributed by atoms with Crippen molar-refractivity contribution in [2.24, 2.45) is 0 Å². The fourth-order valence-electron chi connectivity index (χ4n) is 1.98. The lowest BCUT2D eigenvalue weighted by molar-refractivity contribution is -0.385. The molecule has 0 radical (unpaired) electrons. The highest BCUT2D eigenvalue weighted by Gasteiger charge is 2.28. The number of carbonyl (C=O) groups excluding carboxylic acids is 2. The van der Waals surface area contributed by atoms with Gasteiger partial charge in [0.2, 0.25) is 0 Å². The lowest BCUT2D eigenvalue weighted by atomic mass is 10.0. The largest absolute Gasteiger partial charge is 0.467 e. The maximum Gasteiger partial charge on any atom is 0.408 e. The lowest BCUT2D eigenvalue weighted by Crippen LogP contribution is -2.45. The molecule has 134 valence electrons. The highest BCUT2D eigenvalue weighted by atomic mass is 16.6. The fraction of sp³-hybridized carbons (Fsp3) is 0.438. The summed E-state index contributed by atoms with van der Waals surface area (Å²) in [6, 6.07) is 4.50. The van der Waals surface area contributed by atoms with Crippen molar-refractivity contribution in [2.45, 2.75) is 38.8 Å². The molecular formula is C16H19N3O6. The topological polar surface area (TPSA) is 132 Å². The molecule has 0 fully saturated rings. The third-order valence-electron chi connectivity index (χ3n) is 3.01. The van der Waals surface area contributed by atoms with Crippen LogP contribution in [0.5, 0.6) is 0 Å². The number of hydrogen-bond acceptors (Lipinski definition) is 7. The van der Waals surface area contributed by atoms with Crippen molar-refractivity contribution in [1.82, 2.24) is 5.32 Å². The number of hydrogen-bond donors (Lipinski definition) is 1. The smallest absolute Gasteiger partial charge is 0.408 e. The number of benzene rings is 1. The third kappa shape index (κ3) is 6.10. The van der Waals surface area contributed by atoms with Crippen molar-refractivity contribution in [3.8, 4) is 6.07 Å². The summed E-state index contributed by atoms with van der Waals surface area (Å²) >= 11 is 0. The summed E-state index contributed by atoms with van der Waals surface area (Å²) in [4.78, 5) is 34.3. The first-order valence-corrected chi connectivity index (χ1v) is 7.32. The summed E-state index contributed by atoms with van der Waals surface area (Å²) in [6.07, 6.45) is -1.03. The zero-order valence-electron chi connectivity index (χ0n) is 14.4. The number of alkyl carbamates (subject to hydrolysis) is 1. The minimum atomic E-state index is -1.17. The van der Waals surface area contributed by atoms with E-state index in [4.69, 9.17) is 10.00 Å². The molecule has 1 amide bonds. The molecule has 9 heteroatoms. The van der Waals surface area contributed by atoms with E-state index in [1.165, 1.54) is 12.1 Å². The van der Waals surface area contributed by atoms with Crippen molar-refractivity contribution in [3.05, 3.63) is 39.4 Å². The molecule has 0 saturated heterocycles. The van der Waals surface area contributed by atoms with E-state index in [0.717, 1.165) is 13.2 Å². The quantitative estimate of drug-likeness (QED) is 0.489. The second kappa shape index (κ2) is 8.10. The Kier molecular flexibility index (Phi) is 6.45. The molecule has 25 heavy (non-hydrogen) atoms. The van der Waals surface area contributed by atoms with E-state index < -0.39 is 28.6 Å². The molecule has 9 nitrogen and oxygen atoms in total. The molecular weight excluding hydrogens is 330 g/mol. The Hall–Kier alpha value is -3.15. The molecule has 0 aliphatic carbocycles. The predicted octanol–water partition coefficient (Wildman–Crippen LogP) is 2.08. The van der Waals surface area contributed by atoms with Crippen molar-refractivity contribution in [1.29, 1.82) is 5.26 Å². The van der Waals surface area contributed by atoms with E-state index in [1.807, 2.05) is 6.07 Å². The standard InChI is InChI=1S/C16H19N3O6/c1-16(2,3)25-15(21)18-12(14(20)24-4)8-11-6-5-10(9-17)7-13(11)19(22)23/h5-7,12H,8H2,1-4H3,(H,18,21). The average molecular weight is 349 g/mol. The number of nitrogens with one attached hydrogen (secondary N) is 1. The normalized spacial score (nSPS) is 11.8. The molecule has 1 aromatic carbocycles. The van der Waals surface area contributed by atoms with E-state index in [0.29, 0.717) is 0 Å². The van der Waals surface area contributed by atoms with E-state index in [9.17, 15) is 19.7 Å². The number of nitro benzene ring substituents is 1. The second-order valence-electron chi connectivity index (χ2n) is 6.14. The summed E-state index contributed by atoms with van der Waals surface area (Å²) in [5.74, 6) is -0.774. The monoisotopic (exact) mass is 349 g/mol. The van der Waals surface area contributed by atoms with Crippen LogP contribution in [-0.2, 0) is 20.7 Å². The Balaban J connectivity index is 3.07. The first-order valence-electron chi connectivity index (χ1n) is 7.32. The van der Waals surface area contributed by atoms with Crippen LogP contribution in [0.15, 0.2) is 18.2 Å². The van der Waals surface area contributed by atoms with Gasteiger partial charge in [-0.3, -0.25) is 10.1 Å². The number of carbonyl (C=O) groups is 2. The van der Waals surface area contributed by atoms with Crippen LogP contribution in [0.3, 0.4) is 0 Å². The number of rotatable bonds is 5. The van der Waals surface area contributed by atoms with Gasteiger partial charge in [0, 0.05) is 18.1 Å². The number of amides is 1. The number of esters is 1. The zero-order valence-corrected chi connectivity index (χ0v) is 14.4. The van der Waals surface area contributed by atoms with Gasteiger partial charge in [0.15, 0.2) is 0 Å². The number of ether oxygens (including phenoxy) is 2. The van der Waals surface area contributed by atoms with Gasteiger partial charge in [0.05, 0.1) is 23.7 Å². The summed E-state index contributed by atoms with van der Waals surface area (Å²) in [7, 11) is 1.14. The second-order valence-corrected chi connectivity index (χ2v) is 6.14. The van der Waals surface area contributed by atoms with Crippen LogP contribution in [0.4, 0.5) is 10.5 Å². The first-order chi connectivity index (χ1) is 11.6. The molecule has 0 spiro atoms. The molecule has 1 rings (SSSR count). The molecule has 1 aromatic rings. The molecule has 1 atom stereocenters. The highest BCUT2D eigenvalue weighted by Crippen LogP contribution is 2.22. The molecule has 1 N–H and O–H groups in total. The van der Waals surface area contributed by atoms with Gasteiger partial charge in [-0.1, -0.05) is 6.07 Å². The van der Waals surface area contributed by atoms with Crippen molar-refractivity contribution in [2.75, 3.05) is 7.11 Å². The Morgan fingerprint density at radius 3 is 2.52 bits per heavy atom. The summed E-state index contributed by atoms with van der Waals surface area (Å²) < 4.78 is 9.71.